The fraction of sp³-hybridized carbons (Fsp3) is 0.500. The molecule has 0 aliphatic carbocycles. The van der Waals surface area contributed by atoms with Crippen LogP contribution in [0.25, 0.3) is 0 Å². The van der Waals surface area contributed by atoms with Gasteiger partial charge in [0.2, 0.25) is 0 Å². The summed E-state index contributed by atoms with van der Waals surface area (Å²) in [5, 5.41) is 3.45. The Morgan fingerprint density at radius 1 is 1.13 bits per heavy atom. The number of halogens is 1. The highest BCUT2D eigenvalue weighted by Gasteiger charge is 2.39. The molecule has 1 fully saturated rings. The summed E-state index contributed by atoms with van der Waals surface area (Å²) in [6.45, 7) is 2.36. The summed E-state index contributed by atoms with van der Waals surface area (Å²) >= 11 is 2.15. The predicted octanol–water partition coefficient (Wildman–Crippen LogP) is 2.93. The first kappa shape index (κ1) is 11.3. The number of thioether (sulfide) groups is 1. The Bertz CT molecular complexity index is 342. The minimum atomic E-state index is 0. The summed E-state index contributed by atoms with van der Waals surface area (Å²) in [5.74, 6) is 1.22. The van der Waals surface area contributed by atoms with Crippen LogP contribution >= 0.6 is 24.2 Å². The summed E-state index contributed by atoms with van der Waals surface area (Å²) in [6.07, 6.45) is 2.60. The molecule has 0 atom stereocenters. The van der Waals surface area contributed by atoms with Gasteiger partial charge in [0.1, 0.15) is 0 Å². The van der Waals surface area contributed by atoms with Crippen molar-refractivity contribution in [1.82, 2.24) is 5.32 Å². The highest BCUT2D eigenvalue weighted by molar-refractivity contribution is 7.99. The van der Waals surface area contributed by atoms with Crippen LogP contribution in [-0.4, -0.2) is 13.1 Å². The summed E-state index contributed by atoms with van der Waals surface area (Å²) in [7, 11) is 0. The van der Waals surface area contributed by atoms with Gasteiger partial charge in [0.25, 0.3) is 0 Å². The van der Waals surface area contributed by atoms with Gasteiger partial charge >= 0.3 is 0 Å². The molecule has 0 saturated carbocycles. The molecule has 3 rings (SSSR count). The van der Waals surface area contributed by atoms with E-state index >= 15 is 0 Å². The molecular formula is C12H16ClNS. The van der Waals surface area contributed by atoms with E-state index in [9.17, 15) is 0 Å². The van der Waals surface area contributed by atoms with Crippen molar-refractivity contribution in [2.45, 2.75) is 23.3 Å². The van der Waals surface area contributed by atoms with Gasteiger partial charge in [-0.05, 0) is 37.1 Å². The highest BCUT2D eigenvalue weighted by Crippen LogP contribution is 2.52. The Hall–Kier alpha value is -0.180. The average Bonchev–Trinajstić information content (AvgIpc) is 2.60. The first-order chi connectivity index (χ1) is 6.91. The van der Waals surface area contributed by atoms with Gasteiger partial charge in [-0.2, -0.15) is 0 Å². The largest absolute Gasteiger partial charge is 0.317 e. The minimum Gasteiger partial charge on any atom is -0.317 e. The van der Waals surface area contributed by atoms with Crippen LogP contribution in [0.2, 0.25) is 0 Å². The Morgan fingerprint density at radius 3 is 2.67 bits per heavy atom. The molecule has 1 aromatic carbocycles. The highest BCUT2D eigenvalue weighted by atomic mass is 35.5. The van der Waals surface area contributed by atoms with Crippen molar-refractivity contribution in [3.63, 3.8) is 0 Å². The maximum absolute atomic E-state index is 3.45. The molecule has 2 aliphatic heterocycles. The lowest BCUT2D eigenvalue weighted by Crippen LogP contribution is -2.36. The first-order valence-electron chi connectivity index (χ1n) is 5.34. The van der Waals surface area contributed by atoms with Crippen LogP contribution < -0.4 is 5.32 Å². The molecule has 1 nitrogen and oxygen atoms in total. The van der Waals surface area contributed by atoms with Gasteiger partial charge in [-0.1, -0.05) is 24.3 Å². The van der Waals surface area contributed by atoms with Crippen LogP contribution in [-0.2, 0) is 10.5 Å². The molecule has 1 aromatic rings. The van der Waals surface area contributed by atoms with E-state index in [4.69, 9.17) is 0 Å². The van der Waals surface area contributed by atoms with Crippen LogP contribution in [0.4, 0.5) is 0 Å². The molecule has 0 amide bonds. The van der Waals surface area contributed by atoms with E-state index in [0.29, 0.717) is 4.75 Å². The molecule has 0 radical (unpaired) electrons. The molecule has 1 N–H and O–H groups in total. The number of fused-ring (bicyclic) bond motifs is 2. The number of benzene rings is 1. The van der Waals surface area contributed by atoms with Crippen LogP contribution in [0.5, 0.6) is 0 Å². The zero-order valence-corrected chi connectivity index (χ0v) is 10.3. The van der Waals surface area contributed by atoms with Crippen LogP contribution in [0, 0.1) is 0 Å². The Kier molecular flexibility index (Phi) is 3.29. The van der Waals surface area contributed by atoms with Gasteiger partial charge in [0, 0.05) is 10.5 Å². The number of hydrogen-bond donors (Lipinski definition) is 1. The van der Waals surface area contributed by atoms with E-state index in [1.165, 1.54) is 31.7 Å². The number of hydrogen-bond acceptors (Lipinski definition) is 2. The summed E-state index contributed by atoms with van der Waals surface area (Å²) in [4.78, 5) is 0. The predicted molar refractivity (Wildman–Crippen MR) is 68.8 cm³/mol. The molecule has 2 aliphatic rings. The lowest BCUT2D eigenvalue weighted by molar-refractivity contribution is 0.427. The number of piperidine rings is 1. The van der Waals surface area contributed by atoms with Crippen molar-refractivity contribution in [3.8, 4) is 0 Å². The summed E-state index contributed by atoms with van der Waals surface area (Å²) in [6, 6.07) is 8.98. The molecule has 82 valence electrons. The maximum atomic E-state index is 3.45. The van der Waals surface area contributed by atoms with E-state index in [1.807, 2.05) is 0 Å². The standard InChI is InChI=1S/C12H15NS.ClH/c1-2-4-11-10(3-1)9-14-12(11)5-7-13-8-6-12;/h1-4,13H,5-9H2;1H. The quantitative estimate of drug-likeness (QED) is 0.750. The third kappa shape index (κ3) is 1.79. The molecule has 3 heteroatoms. The summed E-state index contributed by atoms with van der Waals surface area (Å²) < 4.78 is 0.460. The van der Waals surface area contributed by atoms with E-state index in [0.717, 1.165) is 0 Å². The molecule has 0 aromatic heterocycles. The molecule has 2 heterocycles. The normalized spacial score (nSPS) is 22.1. The van der Waals surface area contributed by atoms with Crippen molar-refractivity contribution in [2.75, 3.05) is 13.1 Å². The van der Waals surface area contributed by atoms with E-state index < -0.39 is 0 Å². The first-order valence-corrected chi connectivity index (χ1v) is 6.32. The molecule has 0 bridgehead atoms. The Morgan fingerprint density at radius 2 is 1.87 bits per heavy atom. The zero-order chi connectivity index (χ0) is 9.43. The molecule has 1 spiro atoms. The van der Waals surface area contributed by atoms with Crippen molar-refractivity contribution in [1.29, 1.82) is 0 Å². The maximum Gasteiger partial charge on any atom is 0.0438 e. The van der Waals surface area contributed by atoms with E-state index in [1.54, 1.807) is 11.1 Å². The van der Waals surface area contributed by atoms with Crippen LogP contribution in [0.3, 0.4) is 0 Å². The molecule has 1 saturated heterocycles. The smallest absolute Gasteiger partial charge is 0.0438 e. The third-order valence-electron chi connectivity index (χ3n) is 3.42. The summed E-state index contributed by atoms with van der Waals surface area (Å²) in [5.41, 5.74) is 3.19. The van der Waals surface area contributed by atoms with Crippen LogP contribution in [0.15, 0.2) is 24.3 Å². The lowest BCUT2D eigenvalue weighted by atomic mass is 9.87. The molecule has 0 unspecified atom stereocenters. The van der Waals surface area contributed by atoms with Gasteiger partial charge in [-0.15, -0.1) is 24.2 Å². The lowest BCUT2D eigenvalue weighted by Gasteiger charge is -2.34. The van der Waals surface area contributed by atoms with E-state index in [-0.39, 0.29) is 12.4 Å². The fourth-order valence-corrected chi connectivity index (χ4v) is 4.16. The minimum absolute atomic E-state index is 0. The second-order valence-electron chi connectivity index (χ2n) is 4.19. The average molecular weight is 242 g/mol. The number of nitrogens with one attached hydrogen (secondary N) is 1. The number of rotatable bonds is 0. The Balaban J connectivity index is 0.000000853. The topological polar surface area (TPSA) is 12.0 Å². The second-order valence-corrected chi connectivity index (χ2v) is 5.55. The van der Waals surface area contributed by atoms with E-state index in [2.05, 4.69) is 41.3 Å². The molecular weight excluding hydrogens is 226 g/mol. The van der Waals surface area contributed by atoms with Gasteiger partial charge < -0.3 is 5.32 Å². The second kappa shape index (κ2) is 4.36. The molecule has 15 heavy (non-hydrogen) atoms. The van der Waals surface area contributed by atoms with Gasteiger partial charge in [0.05, 0.1) is 0 Å². The SMILES string of the molecule is Cl.c1ccc2c(c1)CSC21CCNCC1. The zero-order valence-electron chi connectivity index (χ0n) is 8.66. The van der Waals surface area contributed by atoms with Crippen molar-refractivity contribution in [2.24, 2.45) is 0 Å². The third-order valence-corrected chi connectivity index (χ3v) is 5.06. The monoisotopic (exact) mass is 241 g/mol. The van der Waals surface area contributed by atoms with Crippen molar-refractivity contribution < 1.29 is 0 Å². The fourth-order valence-electron chi connectivity index (χ4n) is 2.63. The van der Waals surface area contributed by atoms with Gasteiger partial charge in [-0.25, -0.2) is 0 Å². The Labute approximate surface area is 101 Å². The van der Waals surface area contributed by atoms with Gasteiger partial charge in [0.15, 0.2) is 0 Å². The van der Waals surface area contributed by atoms with Crippen molar-refractivity contribution >= 4 is 24.2 Å². The van der Waals surface area contributed by atoms with Crippen LogP contribution in [0.1, 0.15) is 24.0 Å². The van der Waals surface area contributed by atoms with Gasteiger partial charge in [-0.3, -0.25) is 0 Å². The van der Waals surface area contributed by atoms with Crippen molar-refractivity contribution in [3.05, 3.63) is 35.4 Å².